The van der Waals surface area contributed by atoms with Crippen LogP contribution in [0.15, 0.2) is 90.6 Å². The number of hydroxylamine groups is 2. The maximum absolute atomic E-state index is 10.4. The highest BCUT2D eigenvalue weighted by molar-refractivity contribution is 8.02. The number of aromatic nitrogens is 6. The summed E-state index contributed by atoms with van der Waals surface area (Å²) in [5, 5.41) is 11.0. The second-order valence-corrected chi connectivity index (χ2v) is 15.9. The Morgan fingerprint density at radius 1 is 0.683 bits per heavy atom. The van der Waals surface area contributed by atoms with Crippen LogP contribution in [0, 0.1) is 23.7 Å². The summed E-state index contributed by atoms with van der Waals surface area (Å²) >= 11 is 1.49. The summed E-state index contributed by atoms with van der Waals surface area (Å²) < 4.78 is 17.3. The third-order valence-electron chi connectivity index (χ3n) is 7.09. The molecule has 7 heterocycles. The van der Waals surface area contributed by atoms with Crippen molar-refractivity contribution < 1.29 is 28.1 Å². The molecule has 0 bridgehead atoms. The van der Waals surface area contributed by atoms with Crippen LogP contribution in [0.2, 0.25) is 0 Å². The number of cyclic esters (lactones) is 1. The first kappa shape index (κ1) is 52.2. The van der Waals surface area contributed by atoms with E-state index in [0.29, 0.717) is 53.2 Å². The van der Waals surface area contributed by atoms with Crippen molar-refractivity contribution in [3.63, 3.8) is 0 Å². The minimum Gasteiger partial charge on any atom is -0.449 e. The molecule has 0 unspecified atom stereocenters. The fraction of sp³-hybridized carbons (Fsp3) is 0.550. The second-order valence-electron chi connectivity index (χ2n) is 15.0. The first-order valence-corrected chi connectivity index (χ1v) is 20.4. The quantitative estimate of drug-likeness (QED) is 0.129. The number of rotatable bonds is 7. The lowest BCUT2D eigenvalue weighted by atomic mass is 10.2. The monoisotopic (exact) mass is 855 g/mol. The molecule has 3 aromatic rings. The van der Waals surface area contributed by atoms with Crippen molar-refractivity contribution in [3.8, 4) is 0 Å². The van der Waals surface area contributed by atoms with Gasteiger partial charge in [0.25, 0.3) is 0 Å². The lowest BCUT2D eigenvalue weighted by Gasteiger charge is -2.01. The lowest BCUT2D eigenvalue weighted by Crippen LogP contribution is -2.21. The minimum absolute atomic E-state index is 0.202. The van der Waals surface area contributed by atoms with Crippen LogP contribution in [0.1, 0.15) is 132 Å². The van der Waals surface area contributed by atoms with Crippen LogP contribution < -0.4 is 15.7 Å². The van der Waals surface area contributed by atoms with E-state index >= 15 is 0 Å². The van der Waals surface area contributed by atoms with Crippen LogP contribution in [-0.2, 0) is 19.2 Å². The van der Waals surface area contributed by atoms with E-state index in [2.05, 4.69) is 118 Å². The van der Waals surface area contributed by atoms with Crippen molar-refractivity contribution in [1.82, 2.24) is 46.0 Å². The van der Waals surface area contributed by atoms with Crippen LogP contribution in [0.25, 0.3) is 0 Å². The van der Waals surface area contributed by atoms with E-state index in [-0.39, 0.29) is 18.4 Å². The van der Waals surface area contributed by atoms with Crippen molar-refractivity contribution in [2.75, 3.05) is 6.54 Å². The predicted molar refractivity (Wildman–Crippen MR) is 236 cm³/mol. The molecule has 7 rings (SSSR count). The van der Waals surface area contributed by atoms with Gasteiger partial charge in [-0.1, -0.05) is 109 Å². The topological polar surface area (TPSA) is 237 Å². The Labute approximate surface area is 358 Å². The van der Waals surface area contributed by atoms with E-state index < -0.39 is 0 Å². The number of H-pyrrole nitrogens is 1. The highest BCUT2D eigenvalue weighted by Crippen LogP contribution is 2.19. The summed E-state index contributed by atoms with van der Waals surface area (Å²) in [6, 6.07) is 0. The zero-order valence-electron chi connectivity index (χ0n) is 37.6. The summed E-state index contributed by atoms with van der Waals surface area (Å²) in [4.78, 5) is 47.7. The molecule has 0 saturated heterocycles. The second kappa shape index (κ2) is 27.8. The Kier molecular flexibility index (Phi) is 24.2. The molecular weight excluding hydrogens is 791 g/mol. The van der Waals surface area contributed by atoms with E-state index in [4.69, 9.17) is 18.8 Å². The molecule has 0 atom stereocenters. The zero-order valence-corrected chi connectivity index (χ0v) is 38.4. The highest BCUT2D eigenvalue weighted by Gasteiger charge is 2.18. The van der Waals surface area contributed by atoms with E-state index in [1.54, 1.807) is 12.5 Å². The first-order valence-electron chi connectivity index (χ1n) is 19.6. The standard InChI is InChI=1S/2C6H10N2O.C6H10N2S.C6H9NO2.C6H9NO.C5H9N3.C5H8N2O/c3*1-4(2)6-7-5(3)9-8-6;1-4(2)6-7-3-5(8)9-6;1-5(2)6-7-3-4-8-6;1-4(2)5-6-3-7-8-5;1-4(2)5-6-3-8-7-5/h3*4H,3H2,1-2H3,(H,7,8);4H,3H2,1-2H3;3-5H,1-2H3;3-4H,1-2H3,(H,6,7,8);3-4H,1-2H3. The maximum atomic E-state index is 10.4. The molecule has 0 radical (unpaired) electrons. The van der Waals surface area contributed by atoms with E-state index in [1.807, 2.05) is 69.2 Å². The molecule has 0 spiro atoms. The summed E-state index contributed by atoms with van der Waals surface area (Å²) in [5.41, 5.74) is 5.31. The average Bonchev–Trinajstić information content (AvgIpc) is 4.03. The molecule has 20 heteroatoms. The number of aromatic amines is 1. The predicted octanol–water partition coefficient (Wildman–Crippen LogP) is 8.37. The minimum atomic E-state index is -0.237. The number of amidine groups is 3. The highest BCUT2D eigenvalue weighted by atomic mass is 32.2. The van der Waals surface area contributed by atoms with Crippen LogP contribution in [0.3, 0.4) is 0 Å². The smallest absolute Gasteiger partial charge is 0.334 e. The largest absolute Gasteiger partial charge is 0.449 e. The van der Waals surface area contributed by atoms with Crippen molar-refractivity contribution in [2.24, 2.45) is 43.6 Å². The lowest BCUT2D eigenvalue weighted by molar-refractivity contribution is -0.132. The van der Waals surface area contributed by atoms with Gasteiger partial charge in [-0.3, -0.25) is 5.10 Å². The van der Waals surface area contributed by atoms with Gasteiger partial charge in [0.05, 0.1) is 6.20 Å². The molecule has 0 amide bonds. The molecular formula is C40H65N13O6S. The van der Waals surface area contributed by atoms with Crippen LogP contribution >= 0.6 is 11.9 Å². The number of hydrogen-bond donors (Lipinski definition) is 4. The van der Waals surface area contributed by atoms with Gasteiger partial charge in [0.15, 0.2) is 17.6 Å². The molecule has 4 aliphatic rings. The zero-order chi connectivity index (χ0) is 45.4. The molecule has 0 fully saturated rings. The molecule has 60 heavy (non-hydrogen) atoms. The Morgan fingerprint density at radius 2 is 1.27 bits per heavy atom. The Hall–Kier alpha value is -5.79. The SMILES string of the molecule is C=C1N=C(C(C)C)NO1.C=C1N=C(C(C)C)NO1.C=C1N=C(C(C)C)NS1.CC(C)C1=NCC(=O)O1.CC(C)c1ncco1.CC(C)c1ncn[nH]1.CC(C)c1ncon1. The molecule has 19 nitrogen and oxygen atoms in total. The van der Waals surface area contributed by atoms with E-state index in [0.717, 1.165) is 40.1 Å². The number of oxazole rings is 1. The molecule has 4 N–H and O–H groups in total. The summed E-state index contributed by atoms with van der Waals surface area (Å²) in [6.45, 7) is 39.4. The van der Waals surface area contributed by atoms with Gasteiger partial charge in [0.2, 0.25) is 18.2 Å². The number of nitrogens with one attached hydrogen (secondary N) is 4. The molecule has 0 aromatic carbocycles. The molecule has 332 valence electrons. The Balaban J connectivity index is 0.000000350. The summed E-state index contributed by atoms with van der Waals surface area (Å²) in [7, 11) is 0. The van der Waals surface area contributed by atoms with Gasteiger partial charge >= 0.3 is 5.97 Å². The number of carbonyl (C=O) groups excluding carboxylic acids is 1. The number of ether oxygens (including phenoxy) is 1. The summed E-state index contributed by atoms with van der Waals surface area (Å²) in [5.74, 6) is 9.18. The Morgan fingerprint density at radius 3 is 1.47 bits per heavy atom. The van der Waals surface area contributed by atoms with Crippen molar-refractivity contribution >= 4 is 41.3 Å². The molecule has 0 saturated carbocycles. The van der Waals surface area contributed by atoms with Gasteiger partial charge in [0, 0.05) is 53.4 Å². The number of carbonyl (C=O) groups is 1. The normalized spacial score (nSPS) is 14.8. The summed E-state index contributed by atoms with van der Waals surface area (Å²) in [6.07, 6.45) is 6.12. The van der Waals surface area contributed by atoms with Crippen molar-refractivity contribution in [2.45, 2.75) is 115 Å². The van der Waals surface area contributed by atoms with Crippen molar-refractivity contribution in [1.29, 1.82) is 0 Å². The van der Waals surface area contributed by atoms with Gasteiger partial charge in [-0.25, -0.2) is 35.7 Å². The van der Waals surface area contributed by atoms with E-state index in [9.17, 15) is 4.79 Å². The average molecular weight is 856 g/mol. The van der Waals surface area contributed by atoms with Crippen LogP contribution in [0.5, 0.6) is 0 Å². The maximum Gasteiger partial charge on any atom is 0.334 e. The first-order chi connectivity index (χ1) is 28.2. The van der Waals surface area contributed by atoms with Gasteiger partial charge < -0.3 is 28.1 Å². The molecule has 0 aliphatic carbocycles. The fourth-order valence-corrected chi connectivity index (χ4v) is 4.33. The Bertz CT molecular complexity index is 1650. The number of aliphatic imine (C=N–C) groups is 4. The van der Waals surface area contributed by atoms with Gasteiger partial charge in [-0.2, -0.15) is 20.1 Å². The fourth-order valence-electron chi connectivity index (χ4n) is 3.68. The van der Waals surface area contributed by atoms with E-state index in [1.165, 1.54) is 24.7 Å². The third kappa shape index (κ3) is 21.8. The molecule has 3 aromatic heterocycles. The molecule has 4 aliphatic heterocycles. The van der Waals surface area contributed by atoms with Gasteiger partial charge in [-0.15, -0.1) is 0 Å². The number of hydrogen-bond acceptors (Lipinski definition) is 19. The van der Waals surface area contributed by atoms with Crippen molar-refractivity contribution in [3.05, 3.63) is 79.3 Å². The van der Waals surface area contributed by atoms with Gasteiger partial charge in [-0.05, 0) is 13.2 Å². The number of esters is 1. The number of nitrogens with zero attached hydrogens (tertiary/aromatic N) is 9. The van der Waals surface area contributed by atoms with Crippen LogP contribution in [0.4, 0.5) is 0 Å². The van der Waals surface area contributed by atoms with Crippen LogP contribution in [-0.4, -0.2) is 66.2 Å². The third-order valence-corrected chi connectivity index (χ3v) is 7.73. The van der Waals surface area contributed by atoms with Gasteiger partial charge in [0.1, 0.15) is 47.5 Å².